The number of pyridine rings is 1. The maximum absolute atomic E-state index is 6.59. The van der Waals surface area contributed by atoms with Gasteiger partial charge in [-0.3, -0.25) is 0 Å². The van der Waals surface area contributed by atoms with Gasteiger partial charge in [-0.15, -0.1) is 0 Å². The molecule has 2 aromatic heterocycles. The van der Waals surface area contributed by atoms with Crippen LogP contribution in [-0.4, -0.2) is 4.98 Å². The second kappa shape index (κ2) is 11.5. The molecule has 0 unspecified atom stereocenters. The first-order valence-electron chi connectivity index (χ1n) is 16.9. The van der Waals surface area contributed by atoms with Crippen LogP contribution < -0.4 is 4.90 Å². The van der Waals surface area contributed by atoms with Crippen LogP contribution in [0.15, 0.2) is 187 Å². The number of benzene rings is 8. The lowest BCUT2D eigenvalue weighted by molar-refractivity contribution is 0.672. The van der Waals surface area contributed by atoms with Crippen molar-refractivity contribution in [3.63, 3.8) is 0 Å². The highest BCUT2D eigenvalue weighted by Gasteiger charge is 2.18. The van der Waals surface area contributed by atoms with Gasteiger partial charge in [-0.05, 0) is 85.6 Å². The van der Waals surface area contributed by atoms with Crippen LogP contribution in [0.25, 0.3) is 76.6 Å². The van der Waals surface area contributed by atoms with E-state index in [1.54, 1.807) is 0 Å². The number of aromatic nitrogens is 1. The Hall–Kier alpha value is -6.71. The second-order valence-corrected chi connectivity index (χ2v) is 12.8. The predicted octanol–water partition coefficient (Wildman–Crippen LogP) is 13.2. The van der Waals surface area contributed by atoms with Gasteiger partial charge in [0.1, 0.15) is 11.1 Å². The molecule has 3 heteroatoms. The maximum atomic E-state index is 6.59. The average Bonchev–Trinajstić information content (AvgIpc) is 3.57. The minimum atomic E-state index is 0.761. The van der Waals surface area contributed by atoms with E-state index in [-0.39, 0.29) is 0 Å². The number of furan rings is 1. The molecule has 0 N–H and O–H groups in total. The zero-order valence-electron chi connectivity index (χ0n) is 27.1. The fourth-order valence-electron chi connectivity index (χ4n) is 7.39. The van der Waals surface area contributed by atoms with Gasteiger partial charge in [0.05, 0.1) is 11.9 Å². The number of rotatable bonds is 5. The van der Waals surface area contributed by atoms with Crippen LogP contribution in [-0.2, 0) is 0 Å². The molecule has 0 amide bonds. The molecular weight excluding hydrogens is 609 g/mol. The summed E-state index contributed by atoms with van der Waals surface area (Å²) in [6, 6.07) is 62.6. The van der Waals surface area contributed by atoms with Crippen LogP contribution in [0.3, 0.4) is 0 Å². The Morgan fingerprint density at radius 3 is 1.94 bits per heavy atom. The molecule has 0 aliphatic heterocycles. The van der Waals surface area contributed by atoms with Crippen molar-refractivity contribution < 1.29 is 4.42 Å². The maximum Gasteiger partial charge on any atom is 0.155 e. The lowest BCUT2D eigenvalue weighted by Crippen LogP contribution is -2.10. The molecule has 0 saturated heterocycles. The third kappa shape index (κ3) is 4.71. The minimum absolute atomic E-state index is 0.761. The van der Waals surface area contributed by atoms with Gasteiger partial charge in [0, 0.05) is 28.2 Å². The van der Waals surface area contributed by atoms with E-state index in [0.717, 1.165) is 55.5 Å². The summed E-state index contributed by atoms with van der Waals surface area (Å²) in [5.41, 5.74) is 10.2. The average molecular weight is 639 g/mol. The molecule has 0 atom stereocenters. The first kappa shape index (κ1) is 28.3. The van der Waals surface area contributed by atoms with Crippen molar-refractivity contribution in [1.29, 1.82) is 0 Å². The Labute approximate surface area is 289 Å². The molecule has 10 aromatic rings. The second-order valence-electron chi connectivity index (χ2n) is 12.8. The van der Waals surface area contributed by atoms with Crippen molar-refractivity contribution in [2.45, 2.75) is 0 Å². The van der Waals surface area contributed by atoms with Gasteiger partial charge in [-0.25, -0.2) is 4.98 Å². The monoisotopic (exact) mass is 638 g/mol. The lowest BCUT2D eigenvalue weighted by Gasteiger charge is -2.26. The van der Waals surface area contributed by atoms with Crippen LogP contribution >= 0.6 is 0 Å². The van der Waals surface area contributed by atoms with Crippen LogP contribution in [0.2, 0.25) is 0 Å². The molecule has 0 bridgehead atoms. The summed E-state index contributed by atoms with van der Waals surface area (Å²) in [5, 5.41) is 8.20. The SMILES string of the molecule is c1cc(-c2cccc3ccccc23)cc(N(c2ccc(-c3ccc4ccccc4c3)cc2)c2cnc3c(c2)oc2c4ccccc4ccc32)c1. The third-order valence-electron chi connectivity index (χ3n) is 9.86. The minimum Gasteiger partial charge on any atom is -0.454 e. The van der Waals surface area contributed by atoms with Crippen molar-refractivity contribution in [3.05, 3.63) is 182 Å². The van der Waals surface area contributed by atoms with Crippen LogP contribution in [0.5, 0.6) is 0 Å². The summed E-state index contributed by atoms with van der Waals surface area (Å²) in [4.78, 5) is 7.30. The number of fused-ring (bicyclic) bond motifs is 7. The highest BCUT2D eigenvalue weighted by molar-refractivity contribution is 6.14. The van der Waals surface area contributed by atoms with Crippen molar-refractivity contribution in [2.24, 2.45) is 0 Å². The molecule has 0 radical (unpaired) electrons. The van der Waals surface area contributed by atoms with Gasteiger partial charge in [-0.1, -0.05) is 133 Å². The summed E-state index contributed by atoms with van der Waals surface area (Å²) >= 11 is 0. The summed E-state index contributed by atoms with van der Waals surface area (Å²) in [6.45, 7) is 0. The molecule has 8 aromatic carbocycles. The van der Waals surface area contributed by atoms with Crippen molar-refractivity contribution in [3.8, 4) is 22.3 Å². The number of hydrogen-bond acceptors (Lipinski definition) is 3. The summed E-state index contributed by atoms with van der Waals surface area (Å²) in [5.74, 6) is 0. The topological polar surface area (TPSA) is 29.3 Å². The quantitative estimate of drug-likeness (QED) is 0.188. The third-order valence-corrected chi connectivity index (χ3v) is 9.86. The van der Waals surface area contributed by atoms with E-state index >= 15 is 0 Å². The van der Waals surface area contributed by atoms with E-state index < -0.39 is 0 Å². The van der Waals surface area contributed by atoms with Gasteiger partial charge >= 0.3 is 0 Å². The highest BCUT2D eigenvalue weighted by atomic mass is 16.3. The molecular formula is C47H30N2O. The largest absolute Gasteiger partial charge is 0.454 e. The van der Waals surface area contributed by atoms with Gasteiger partial charge in [0.25, 0.3) is 0 Å². The fraction of sp³-hybridized carbons (Fsp3) is 0. The Morgan fingerprint density at radius 1 is 0.400 bits per heavy atom. The molecule has 0 aliphatic rings. The first-order valence-corrected chi connectivity index (χ1v) is 16.9. The Balaban J connectivity index is 1.13. The van der Waals surface area contributed by atoms with Gasteiger partial charge in [0.15, 0.2) is 5.58 Å². The summed E-state index contributed by atoms with van der Waals surface area (Å²) in [7, 11) is 0. The summed E-state index contributed by atoms with van der Waals surface area (Å²) in [6.07, 6.45) is 1.97. The lowest BCUT2D eigenvalue weighted by atomic mass is 9.97. The summed E-state index contributed by atoms with van der Waals surface area (Å²) < 4.78 is 6.59. The van der Waals surface area contributed by atoms with Crippen molar-refractivity contribution in [1.82, 2.24) is 4.98 Å². The number of hydrogen-bond donors (Lipinski definition) is 0. The highest BCUT2D eigenvalue weighted by Crippen LogP contribution is 2.41. The van der Waals surface area contributed by atoms with E-state index in [2.05, 4.69) is 181 Å². The standard InChI is InChI=1S/C47H30N2O/c1-2-12-35-27-36(20-19-31(35)9-1)32-21-24-38(25-22-32)49(39-15-7-14-37(28-39)42-18-8-13-33-10-3-5-16-41(33)42)40-29-45-46(48-30-40)44-26-23-34-11-4-6-17-43(34)47(44)50-45/h1-30H. The molecule has 0 saturated carbocycles. The smallest absolute Gasteiger partial charge is 0.155 e. The van der Waals surface area contributed by atoms with Gasteiger partial charge < -0.3 is 9.32 Å². The van der Waals surface area contributed by atoms with Crippen LogP contribution in [0, 0.1) is 0 Å². The molecule has 50 heavy (non-hydrogen) atoms. The molecule has 234 valence electrons. The van der Waals surface area contributed by atoms with Gasteiger partial charge in [-0.2, -0.15) is 0 Å². The fourth-order valence-corrected chi connectivity index (χ4v) is 7.39. The van der Waals surface area contributed by atoms with E-state index in [1.807, 2.05) is 6.20 Å². The molecule has 3 nitrogen and oxygen atoms in total. The zero-order valence-corrected chi connectivity index (χ0v) is 27.1. The van der Waals surface area contributed by atoms with E-state index in [4.69, 9.17) is 9.40 Å². The molecule has 2 heterocycles. The Morgan fingerprint density at radius 2 is 1.08 bits per heavy atom. The van der Waals surface area contributed by atoms with Crippen LogP contribution in [0.4, 0.5) is 17.1 Å². The first-order chi connectivity index (χ1) is 24.8. The Bertz CT molecular complexity index is 2880. The molecule has 0 aliphatic carbocycles. The molecule has 0 fully saturated rings. The van der Waals surface area contributed by atoms with Gasteiger partial charge in [0.2, 0.25) is 0 Å². The van der Waals surface area contributed by atoms with E-state index in [9.17, 15) is 0 Å². The molecule has 10 rings (SSSR count). The van der Waals surface area contributed by atoms with Crippen molar-refractivity contribution in [2.75, 3.05) is 4.90 Å². The normalized spacial score (nSPS) is 11.6. The van der Waals surface area contributed by atoms with E-state index in [0.29, 0.717) is 0 Å². The Kier molecular flexibility index (Phi) is 6.49. The number of anilines is 3. The number of nitrogens with zero attached hydrogens (tertiary/aromatic N) is 2. The van der Waals surface area contributed by atoms with Crippen molar-refractivity contribution >= 4 is 71.4 Å². The zero-order chi connectivity index (χ0) is 33.0. The van der Waals surface area contributed by atoms with E-state index in [1.165, 1.54) is 38.2 Å². The molecule has 0 spiro atoms. The predicted molar refractivity (Wildman–Crippen MR) is 210 cm³/mol. The van der Waals surface area contributed by atoms with Crippen LogP contribution in [0.1, 0.15) is 0 Å².